The van der Waals surface area contributed by atoms with E-state index in [1.54, 1.807) is 35.9 Å². The molecule has 0 atom stereocenters. The van der Waals surface area contributed by atoms with Gasteiger partial charge in [0.1, 0.15) is 17.2 Å². The summed E-state index contributed by atoms with van der Waals surface area (Å²) in [6.07, 6.45) is 3.49. The van der Waals surface area contributed by atoms with Crippen molar-refractivity contribution in [1.82, 2.24) is 24.9 Å². The number of anilines is 1. The predicted molar refractivity (Wildman–Crippen MR) is 105 cm³/mol. The van der Waals surface area contributed by atoms with E-state index in [1.807, 2.05) is 16.6 Å². The van der Waals surface area contributed by atoms with Gasteiger partial charge >= 0.3 is 0 Å². The molecule has 8 heteroatoms. The second kappa shape index (κ2) is 6.71. The van der Waals surface area contributed by atoms with Crippen molar-refractivity contribution in [3.8, 4) is 22.5 Å². The number of hydrogen-bond acceptors (Lipinski definition) is 6. The zero-order valence-electron chi connectivity index (χ0n) is 14.5. The fourth-order valence-corrected chi connectivity index (χ4v) is 4.25. The number of aromatic nitrogens is 4. The monoisotopic (exact) mass is 380 g/mol. The Kier molecular flexibility index (Phi) is 4.06. The Hall–Kier alpha value is -2.84. The van der Waals surface area contributed by atoms with Crippen molar-refractivity contribution in [2.45, 2.75) is 0 Å². The fourth-order valence-electron chi connectivity index (χ4n) is 3.30. The molecule has 1 fully saturated rings. The number of pyridine rings is 1. The Balaban J connectivity index is 1.68. The van der Waals surface area contributed by atoms with Crippen LogP contribution in [0, 0.1) is 5.82 Å². The van der Waals surface area contributed by atoms with Crippen molar-refractivity contribution in [3.05, 3.63) is 54.6 Å². The van der Waals surface area contributed by atoms with E-state index in [-0.39, 0.29) is 5.82 Å². The molecule has 1 aliphatic rings. The molecule has 6 nitrogen and oxygen atoms in total. The van der Waals surface area contributed by atoms with Crippen molar-refractivity contribution in [3.63, 3.8) is 0 Å². The number of benzene rings is 1. The highest BCUT2D eigenvalue weighted by Crippen LogP contribution is 2.36. The largest absolute Gasteiger partial charge is 0.344 e. The summed E-state index contributed by atoms with van der Waals surface area (Å²) in [5.41, 5.74) is 3.54. The summed E-state index contributed by atoms with van der Waals surface area (Å²) < 4.78 is 15.3. The van der Waals surface area contributed by atoms with Gasteiger partial charge in [0, 0.05) is 49.7 Å². The molecule has 0 unspecified atom stereocenters. The minimum Gasteiger partial charge on any atom is -0.344 e. The Bertz CT molecular complexity index is 1070. The molecule has 0 aliphatic carbocycles. The number of hydrogen-bond donors (Lipinski definition) is 1. The lowest BCUT2D eigenvalue weighted by Gasteiger charge is -2.26. The van der Waals surface area contributed by atoms with E-state index in [2.05, 4.69) is 15.2 Å². The van der Waals surface area contributed by atoms with E-state index in [9.17, 15) is 4.39 Å². The lowest BCUT2D eigenvalue weighted by molar-refractivity contribution is 0.586. The molecule has 5 rings (SSSR count). The van der Waals surface area contributed by atoms with Gasteiger partial charge in [-0.2, -0.15) is 0 Å². The van der Waals surface area contributed by atoms with Crippen LogP contribution in [0.5, 0.6) is 0 Å². The highest BCUT2D eigenvalue weighted by Gasteiger charge is 2.22. The van der Waals surface area contributed by atoms with Crippen molar-refractivity contribution >= 4 is 21.4 Å². The van der Waals surface area contributed by atoms with E-state index in [4.69, 9.17) is 10.1 Å². The second-order valence-electron chi connectivity index (χ2n) is 6.37. The van der Waals surface area contributed by atoms with Gasteiger partial charge in [-0.25, -0.2) is 13.9 Å². The first-order chi connectivity index (χ1) is 13.3. The summed E-state index contributed by atoms with van der Waals surface area (Å²) in [5.74, 6) is -0.259. The summed E-state index contributed by atoms with van der Waals surface area (Å²) in [5, 5.41) is 9.16. The molecule has 1 aromatic carbocycles. The van der Waals surface area contributed by atoms with Crippen LogP contribution in [0.3, 0.4) is 0 Å². The van der Waals surface area contributed by atoms with E-state index < -0.39 is 0 Å². The number of nitrogens with one attached hydrogen (secondary N) is 1. The minimum atomic E-state index is -0.259. The van der Waals surface area contributed by atoms with Gasteiger partial charge in [-0.15, -0.1) is 5.10 Å². The van der Waals surface area contributed by atoms with Crippen LogP contribution in [0.1, 0.15) is 0 Å². The summed E-state index contributed by atoms with van der Waals surface area (Å²) in [4.78, 5) is 12.0. The van der Waals surface area contributed by atoms with Crippen molar-refractivity contribution in [1.29, 1.82) is 0 Å². The molecule has 0 amide bonds. The third kappa shape index (κ3) is 2.96. The Labute approximate surface area is 159 Å². The van der Waals surface area contributed by atoms with Gasteiger partial charge in [0.05, 0.1) is 0 Å². The summed E-state index contributed by atoms with van der Waals surface area (Å²) in [7, 11) is 0. The summed E-state index contributed by atoms with van der Waals surface area (Å²) in [6.45, 7) is 3.77. The fraction of sp³-hybridized carbons (Fsp3) is 0.211. The zero-order chi connectivity index (χ0) is 18.2. The number of fused-ring (bicyclic) bond motifs is 1. The maximum atomic E-state index is 13.5. The molecule has 0 bridgehead atoms. The first-order valence-corrected chi connectivity index (χ1v) is 9.63. The maximum absolute atomic E-state index is 13.5. The molecule has 4 heterocycles. The zero-order valence-corrected chi connectivity index (χ0v) is 15.3. The second-order valence-corrected chi connectivity index (χ2v) is 7.30. The van der Waals surface area contributed by atoms with Gasteiger partial charge < -0.3 is 10.2 Å². The normalized spacial score (nSPS) is 14.8. The van der Waals surface area contributed by atoms with Crippen LogP contribution < -0.4 is 10.2 Å². The van der Waals surface area contributed by atoms with Crippen LogP contribution >= 0.6 is 11.3 Å². The van der Waals surface area contributed by atoms with Gasteiger partial charge in [-0.05, 0) is 36.4 Å². The smallest absolute Gasteiger partial charge is 0.215 e. The Morgan fingerprint density at radius 2 is 1.70 bits per heavy atom. The van der Waals surface area contributed by atoms with Crippen molar-refractivity contribution in [2.24, 2.45) is 0 Å². The predicted octanol–water partition coefficient (Wildman–Crippen LogP) is 3.07. The topological polar surface area (TPSA) is 58.4 Å². The lowest BCUT2D eigenvalue weighted by Crippen LogP contribution is -2.43. The first-order valence-electron chi connectivity index (χ1n) is 8.81. The van der Waals surface area contributed by atoms with Gasteiger partial charge in [0.2, 0.25) is 10.1 Å². The third-order valence-corrected chi connectivity index (χ3v) is 5.62. The van der Waals surface area contributed by atoms with Crippen LogP contribution in [-0.2, 0) is 0 Å². The van der Waals surface area contributed by atoms with Crippen molar-refractivity contribution < 1.29 is 4.39 Å². The number of halogens is 1. The molecule has 0 spiro atoms. The van der Waals surface area contributed by atoms with Crippen LogP contribution in [0.4, 0.5) is 9.52 Å². The first kappa shape index (κ1) is 16.3. The number of imidazole rings is 1. The molecule has 1 saturated heterocycles. The molecule has 136 valence electrons. The molecule has 1 aliphatic heterocycles. The van der Waals surface area contributed by atoms with Gasteiger partial charge in [-0.3, -0.25) is 4.98 Å². The number of rotatable bonds is 3. The average Bonchev–Trinajstić information content (AvgIpc) is 3.28. The van der Waals surface area contributed by atoms with Gasteiger partial charge in [-0.1, -0.05) is 11.3 Å². The van der Waals surface area contributed by atoms with E-state index in [0.29, 0.717) is 0 Å². The molecular formula is C19H17FN6S. The highest BCUT2D eigenvalue weighted by atomic mass is 32.1. The highest BCUT2D eigenvalue weighted by molar-refractivity contribution is 7.20. The van der Waals surface area contributed by atoms with E-state index in [1.165, 1.54) is 12.1 Å². The van der Waals surface area contributed by atoms with Crippen LogP contribution in [-0.4, -0.2) is 45.8 Å². The molecule has 3 aromatic heterocycles. The molecule has 0 radical (unpaired) electrons. The van der Waals surface area contributed by atoms with Gasteiger partial charge in [0.25, 0.3) is 0 Å². The molecule has 27 heavy (non-hydrogen) atoms. The Morgan fingerprint density at radius 3 is 2.44 bits per heavy atom. The minimum absolute atomic E-state index is 0.259. The van der Waals surface area contributed by atoms with E-state index >= 15 is 0 Å². The summed E-state index contributed by atoms with van der Waals surface area (Å²) >= 11 is 1.58. The lowest BCUT2D eigenvalue weighted by atomic mass is 10.1. The average molecular weight is 380 g/mol. The maximum Gasteiger partial charge on any atom is 0.215 e. The van der Waals surface area contributed by atoms with Gasteiger partial charge in [0.15, 0.2) is 0 Å². The number of piperazine rings is 1. The molecule has 0 saturated carbocycles. The Morgan fingerprint density at radius 1 is 0.963 bits per heavy atom. The third-order valence-electron chi connectivity index (χ3n) is 4.65. The summed E-state index contributed by atoms with van der Waals surface area (Å²) in [6, 6.07) is 10.3. The van der Waals surface area contributed by atoms with Crippen LogP contribution in [0.25, 0.3) is 27.5 Å². The van der Waals surface area contributed by atoms with Crippen LogP contribution in [0.2, 0.25) is 0 Å². The van der Waals surface area contributed by atoms with E-state index in [0.717, 1.165) is 58.8 Å². The molecular weight excluding hydrogens is 363 g/mol. The number of nitrogens with zero attached hydrogens (tertiary/aromatic N) is 5. The SMILES string of the molecule is Fc1ccc(-c2c(-c3ccncc3)nc3sc(N4CCNCC4)nn23)cc1. The standard InChI is InChI=1S/C19H17FN6S/c20-15-3-1-14(2-4-15)17-16(13-5-7-21-8-6-13)23-18-26(17)24-19(27-18)25-11-9-22-10-12-25/h1-8,22H,9-12H2. The van der Waals surface area contributed by atoms with Crippen molar-refractivity contribution in [2.75, 3.05) is 31.1 Å². The molecule has 1 N–H and O–H groups in total. The quantitative estimate of drug-likeness (QED) is 0.592. The van der Waals surface area contributed by atoms with Crippen LogP contribution in [0.15, 0.2) is 48.8 Å². The molecule has 4 aromatic rings.